The Balaban J connectivity index is 2.09. The second-order valence-corrected chi connectivity index (χ2v) is 5.70. The Bertz CT molecular complexity index is 488. The van der Waals surface area contributed by atoms with Crippen LogP contribution in [0, 0.1) is 6.92 Å². The minimum atomic E-state index is 0.210. The molecule has 1 aromatic carbocycles. The number of nitrogens with zero attached hydrogens (tertiary/aromatic N) is 1. The molecule has 2 rings (SSSR count). The molecule has 1 atom stereocenters. The van der Waals surface area contributed by atoms with E-state index in [1.165, 1.54) is 21.0 Å². The summed E-state index contributed by atoms with van der Waals surface area (Å²) in [6, 6.07) is 8.68. The van der Waals surface area contributed by atoms with Crippen molar-refractivity contribution in [3.63, 3.8) is 0 Å². The Labute approximate surface area is 107 Å². The van der Waals surface area contributed by atoms with Crippen LogP contribution >= 0.6 is 11.3 Å². The zero-order valence-corrected chi connectivity index (χ0v) is 11.1. The van der Waals surface area contributed by atoms with Crippen LogP contribution in [-0.2, 0) is 12.8 Å². The highest BCUT2D eigenvalue weighted by Crippen LogP contribution is 2.19. The molecule has 0 fully saturated rings. The molecule has 2 aromatic rings. The molecule has 1 unspecified atom stereocenters. The minimum Gasteiger partial charge on any atom is -0.328 e. The van der Waals surface area contributed by atoms with Gasteiger partial charge in [-0.25, -0.2) is 4.98 Å². The van der Waals surface area contributed by atoms with Gasteiger partial charge in [-0.1, -0.05) is 24.3 Å². The summed E-state index contributed by atoms with van der Waals surface area (Å²) < 4.78 is 0. The number of hydrogen-bond acceptors (Lipinski definition) is 3. The minimum absolute atomic E-state index is 0.210. The molecule has 1 heterocycles. The Morgan fingerprint density at radius 2 is 2.12 bits per heavy atom. The fourth-order valence-corrected chi connectivity index (χ4v) is 2.90. The first-order valence-electron chi connectivity index (χ1n) is 5.89. The topological polar surface area (TPSA) is 38.9 Å². The molecule has 0 spiro atoms. The second kappa shape index (κ2) is 5.43. The first-order valence-corrected chi connectivity index (χ1v) is 6.70. The molecule has 90 valence electrons. The van der Waals surface area contributed by atoms with Crippen molar-refractivity contribution in [2.24, 2.45) is 5.73 Å². The molecule has 2 N–H and O–H groups in total. The molecule has 0 aliphatic heterocycles. The van der Waals surface area contributed by atoms with Gasteiger partial charge < -0.3 is 5.73 Å². The molecule has 0 bridgehead atoms. The monoisotopic (exact) mass is 246 g/mol. The number of rotatable bonds is 4. The fraction of sp³-hybridized carbons (Fsp3) is 0.357. The van der Waals surface area contributed by atoms with Crippen molar-refractivity contribution < 1.29 is 0 Å². The number of benzene rings is 1. The Hall–Kier alpha value is -1.19. The van der Waals surface area contributed by atoms with Gasteiger partial charge in [-0.3, -0.25) is 0 Å². The van der Waals surface area contributed by atoms with E-state index in [9.17, 15) is 0 Å². The van der Waals surface area contributed by atoms with Gasteiger partial charge in [0.05, 0.1) is 5.01 Å². The average molecular weight is 246 g/mol. The summed E-state index contributed by atoms with van der Waals surface area (Å²) in [5.41, 5.74) is 8.48. The van der Waals surface area contributed by atoms with Gasteiger partial charge in [0.15, 0.2) is 0 Å². The van der Waals surface area contributed by atoms with Crippen LogP contribution in [-0.4, -0.2) is 11.0 Å². The van der Waals surface area contributed by atoms with Crippen molar-refractivity contribution in [3.05, 3.63) is 51.5 Å². The van der Waals surface area contributed by atoms with Crippen LogP contribution in [0.25, 0.3) is 0 Å². The van der Waals surface area contributed by atoms with E-state index in [0.717, 1.165) is 12.8 Å². The van der Waals surface area contributed by atoms with E-state index in [2.05, 4.69) is 36.2 Å². The van der Waals surface area contributed by atoms with E-state index in [1.54, 1.807) is 11.3 Å². The van der Waals surface area contributed by atoms with Crippen LogP contribution in [0.15, 0.2) is 30.5 Å². The van der Waals surface area contributed by atoms with E-state index in [1.807, 2.05) is 13.1 Å². The molecular formula is C14H18N2S. The highest BCUT2D eigenvalue weighted by Gasteiger charge is 2.06. The summed E-state index contributed by atoms with van der Waals surface area (Å²) in [4.78, 5) is 5.75. The first kappa shape index (κ1) is 12.3. The molecule has 1 aromatic heterocycles. The molecule has 3 heteroatoms. The first-order chi connectivity index (χ1) is 8.15. The third-order valence-electron chi connectivity index (χ3n) is 2.73. The van der Waals surface area contributed by atoms with E-state index >= 15 is 0 Å². The molecule has 0 aliphatic rings. The van der Waals surface area contributed by atoms with Gasteiger partial charge in [-0.15, -0.1) is 11.3 Å². The van der Waals surface area contributed by atoms with Gasteiger partial charge in [-0.2, -0.15) is 0 Å². The largest absolute Gasteiger partial charge is 0.328 e. The predicted octanol–water partition coefficient (Wildman–Crippen LogP) is 2.93. The molecule has 0 aliphatic carbocycles. The van der Waals surface area contributed by atoms with E-state index in [4.69, 9.17) is 5.73 Å². The molecule has 0 radical (unpaired) electrons. The highest BCUT2D eigenvalue weighted by molar-refractivity contribution is 7.11. The number of nitrogens with two attached hydrogens (primary N) is 1. The summed E-state index contributed by atoms with van der Waals surface area (Å²) in [6.45, 7) is 4.17. The van der Waals surface area contributed by atoms with Gasteiger partial charge in [0, 0.05) is 23.5 Å². The smallest absolute Gasteiger partial charge is 0.0971 e. The third kappa shape index (κ3) is 3.38. The Kier molecular flexibility index (Phi) is 3.92. The number of thiazole rings is 1. The summed E-state index contributed by atoms with van der Waals surface area (Å²) in [7, 11) is 0. The van der Waals surface area contributed by atoms with E-state index in [0.29, 0.717) is 0 Å². The third-order valence-corrected chi connectivity index (χ3v) is 3.75. The van der Waals surface area contributed by atoms with Crippen molar-refractivity contribution in [1.29, 1.82) is 0 Å². The number of aryl methyl sites for hydroxylation is 1. The van der Waals surface area contributed by atoms with E-state index < -0.39 is 0 Å². The highest BCUT2D eigenvalue weighted by atomic mass is 32.1. The summed E-state index contributed by atoms with van der Waals surface area (Å²) >= 11 is 1.77. The molecule has 0 amide bonds. The molecule has 0 saturated heterocycles. The molecule has 17 heavy (non-hydrogen) atoms. The zero-order valence-electron chi connectivity index (χ0n) is 10.3. The van der Waals surface area contributed by atoms with Crippen molar-refractivity contribution >= 4 is 11.3 Å². The molecular weight excluding hydrogens is 228 g/mol. The van der Waals surface area contributed by atoms with Gasteiger partial charge in [-0.05, 0) is 31.4 Å². The maximum atomic E-state index is 5.79. The fourth-order valence-electron chi connectivity index (χ4n) is 1.81. The van der Waals surface area contributed by atoms with Crippen LogP contribution < -0.4 is 5.73 Å². The van der Waals surface area contributed by atoms with Crippen molar-refractivity contribution in [1.82, 2.24) is 4.98 Å². The summed E-state index contributed by atoms with van der Waals surface area (Å²) in [5, 5.41) is 1.18. The molecule has 0 saturated carbocycles. The second-order valence-electron chi connectivity index (χ2n) is 4.50. The van der Waals surface area contributed by atoms with Crippen molar-refractivity contribution in [2.75, 3.05) is 0 Å². The maximum absolute atomic E-state index is 5.79. The Morgan fingerprint density at radius 1 is 1.35 bits per heavy atom. The average Bonchev–Trinajstić information content (AvgIpc) is 2.68. The lowest BCUT2D eigenvalue weighted by atomic mass is 10.1. The maximum Gasteiger partial charge on any atom is 0.0971 e. The lowest BCUT2D eigenvalue weighted by molar-refractivity contribution is 0.745. The van der Waals surface area contributed by atoms with Crippen LogP contribution in [0.3, 0.4) is 0 Å². The lowest BCUT2D eigenvalue weighted by Crippen LogP contribution is -2.16. The normalized spacial score (nSPS) is 12.6. The van der Waals surface area contributed by atoms with Gasteiger partial charge in [0.2, 0.25) is 0 Å². The van der Waals surface area contributed by atoms with Crippen molar-refractivity contribution in [3.8, 4) is 0 Å². The SMILES string of the molecule is Cc1ccccc1Cc1ncc(CC(C)N)s1. The van der Waals surface area contributed by atoms with Gasteiger partial charge in [0.25, 0.3) is 0 Å². The summed E-state index contributed by atoms with van der Waals surface area (Å²) in [5.74, 6) is 0. The van der Waals surface area contributed by atoms with Crippen LogP contribution in [0.2, 0.25) is 0 Å². The molecule has 2 nitrogen and oxygen atoms in total. The van der Waals surface area contributed by atoms with Gasteiger partial charge >= 0.3 is 0 Å². The van der Waals surface area contributed by atoms with Gasteiger partial charge in [0.1, 0.15) is 0 Å². The lowest BCUT2D eigenvalue weighted by Gasteiger charge is -2.02. The Morgan fingerprint density at radius 3 is 2.82 bits per heavy atom. The number of aromatic nitrogens is 1. The predicted molar refractivity (Wildman–Crippen MR) is 73.5 cm³/mol. The van der Waals surface area contributed by atoms with Crippen LogP contribution in [0.1, 0.15) is 27.9 Å². The summed E-state index contributed by atoms with van der Waals surface area (Å²) in [6.07, 6.45) is 3.81. The zero-order chi connectivity index (χ0) is 12.3. The van der Waals surface area contributed by atoms with Crippen LogP contribution in [0.4, 0.5) is 0 Å². The quantitative estimate of drug-likeness (QED) is 0.901. The van der Waals surface area contributed by atoms with Crippen LogP contribution in [0.5, 0.6) is 0 Å². The van der Waals surface area contributed by atoms with Crippen molar-refractivity contribution in [2.45, 2.75) is 32.7 Å². The van der Waals surface area contributed by atoms with E-state index in [-0.39, 0.29) is 6.04 Å². The number of hydrogen-bond donors (Lipinski definition) is 1. The standard InChI is InChI=1S/C14H18N2S/c1-10-5-3-4-6-12(10)8-14-16-9-13(17-14)7-11(2)15/h3-6,9,11H,7-8,15H2,1-2H3.